The zero-order valence-corrected chi connectivity index (χ0v) is 12.9. The molecule has 7 heteroatoms. The van der Waals surface area contributed by atoms with Crippen LogP contribution in [0.5, 0.6) is 0 Å². The summed E-state index contributed by atoms with van der Waals surface area (Å²) >= 11 is 0. The minimum atomic E-state index is -4.46. The van der Waals surface area contributed by atoms with Gasteiger partial charge in [0.15, 0.2) is 0 Å². The van der Waals surface area contributed by atoms with Crippen LogP contribution in [0.4, 0.5) is 23.7 Å². The van der Waals surface area contributed by atoms with Gasteiger partial charge in [-0.1, -0.05) is 48.5 Å². The van der Waals surface area contributed by atoms with Crippen LogP contribution >= 0.6 is 0 Å². The first-order chi connectivity index (χ1) is 11.4. The molecule has 1 unspecified atom stereocenters. The summed E-state index contributed by atoms with van der Waals surface area (Å²) in [5, 5.41) is 0.726. The van der Waals surface area contributed by atoms with Crippen LogP contribution < -0.4 is 5.06 Å². The summed E-state index contributed by atoms with van der Waals surface area (Å²) in [6.45, 7) is 0. The van der Waals surface area contributed by atoms with Crippen molar-refractivity contribution in [2.45, 2.75) is 18.7 Å². The molecule has 0 radical (unpaired) electrons. The maximum absolute atomic E-state index is 12.9. The molecule has 4 nitrogen and oxygen atoms in total. The number of alkyl halides is 3. The lowest BCUT2D eigenvalue weighted by molar-refractivity contribution is -0.162. The Bertz CT molecular complexity index is 647. The Morgan fingerprint density at radius 3 is 2.08 bits per heavy atom. The maximum Gasteiger partial charge on any atom is 0.438 e. The van der Waals surface area contributed by atoms with E-state index in [-0.39, 0.29) is 5.69 Å². The lowest BCUT2D eigenvalue weighted by Crippen LogP contribution is -2.34. The van der Waals surface area contributed by atoms with Crippen molar-refractivity contribution in [1.29, 1.82) is 0 Å². The van der Waals surface area contributed by atoms with E-state index in [1.54, 1.807) is 36.4 Å². The van der Waals surface area contributed by atoms with Crippen LogP contribution in [0.3, 0.4) is 0 Å². The van der Waals surface area contributed by atoms with Crippen LogP contribution in [0.2, 0.25) is 0 Å². The largest absolute Gasteiger partial charge is 0.451 e. The van der Waals surface area contributed by atoms with Gasteiger partial charge in [0.05, 0.1) is 19.2 Å². The van der Waals surface area contributed by atoms with Crippen molar-refractivity contribution in [3.63, 3.8) is 0 Å². The fourth-order valence-corrected chi connectivity index (χ4v) is 2.08. The lowest BCUT2D eigenvalue weighted by Gasteiger charge is -2.27. The van der Waals surface area contributed by atoms with Crippen LogP contribution in [-0.4, -0.2) is 19.4 Å². The molecule has 24 heavy (non-hydrogen) atoms. The van der Waals surface area contributed by atoms with Gasteiger partial charge < -0.3 is 4.74 Å². The second-order valence-corrected chi connectivity index (χ2v) is 4.92. The molecule has 2 rings (SSSR count). The van der Waals surface area contributed by atoms with Gasteiger partial charge in [-0.3, -0.25) is 4.84 Å². The fourth-order valence-electron chi connectivity index (χ4n) is 2.08. The summed E-state index contributed by atoms with van der Waals surface area (Å²) in [6, 6.07) is 16.0. The van der Waals surface area contributed by atoms with Gasteiger partial charge in [0, 0.05) is 0 Å². The molecule has 0 aliphatic rings. The Morgan fingerprint density at radius 1 is 1.04 bits per heavy atom. The van der Waals surface area contributed by atoms with E-state index in [2.05, 4.69) is 4.74 Å². The summed E-state index contributed by atoms with van der Waals surface area (Å²) in [5.74, 6) is 0. The third-order valence-electron chi connectivity index (χ3n) is 3.15. The number of halogens is 3. The standard InChI is InChI=1S/C17H16F3NO3/c1-23-16(22)21(14-10-6-3-7-11-14)24-15(12-17(18,19)20)13-8-4-2-5-9-13/h2-11,15H,12H2,1H3. The summed E-state index contributed by atoms with van der Waals surface area (Å²) in [7, 11) is 1.13. The Labute approximate surface area is 137 Å². The summed E-state index contributed by atoms with van der Waals surface area (Å²) in [6.07, 6.45) is -7.99. The Hall–Kier alpha value is -2.54. The molecule has 0 N–H and O–H groups in total. The molecular weight excluding hydrogens is 323 g/mol. The van der Waals surface area contributed by atoms with Crippen LogP contribution in [0.15, 0.2) is 60.7 Å². The number of anilines is 1. The molecule has 0 saturated carbocycles. The molecule has 128 valence electrons. The van der Waals surface area contributed by atoms with Crippen molar-refractivity contribution in [1.82, 2.24) is 0 Å². The predicted molar refractivity (Wildman–Crippen MR) is 82.3 cm³/mol. The second-order valence-electron chi connectivity index (χ2n) is 4.92. The Kier molecular flexibility index (Phi) is 5.81. The lowest BCUT2D eigenvalue weighted by atomic mass is 10.1. The highest BCUT2D eigenvalue weighted by atomic mass is 19.4. The highest BCUT2D eigenvalue weighted by Crippen LogP contribution is 2.34. The van der Waals surface area contributed by atoms with Crippen molar-refractivity contribution < 1.29 is 27.5 Å². The Balaban J connectivity index is 2.32. The molecule has 0 bridgehead atoms. The number of methoxy groups -OCH3 is 1. The third kappa shape index (κ3) is 4.99. The molecule has 0 saturated heterocycles. The number of nitrogens with zero attached hydrogens (tertiary/aromatic N) is 1. The molecular formula is C17H16F3NO3. The van der Waals surface area contributed by atoms with Gasteiger partial charge >= 0.3 is 12.3 Å². The van der Waals surface area contributed by atoms with E-state index in [1.165, 1.54) is 24.3 Å². The fraction of sp³-hybridized carbons (Fsp3) is 0.235. The second kappa shape index (κ2) is 7.83. The van der Waals surface area contributed by atoms with Gasteiger partial charge in [-0.2, -0.15) is 18.2 Å². The van der Waals surface area contributed by atoms with Crippen LogP contribution in [-0.2, 0) is 9.57 Å². The van der Waals surface area contributed by atoms with Crippen molar-refractivity contribution in [3.8, 4) is 0 Å². The van der Waals surface area contributed by atoms with Crippen LogP contribution in [0, 0.1) is 0 Å². The van der Waals surface area contributed by atoms with Gasteiger partial charge in [0.2, 0.25) is 0 Å². The van der Waals surface area contributed by atoms with E-state index < -0.39 is 24.8 Å². The minimum absolute atomic E-state index is 0.271. The number of carbonyl (C=O) groups excluding carboxylic acids is 1. The molecule has 2 aromatic carbocycles. The number of ether oxygens (including phenoxy) is 1. The number of carbonyl (C=O) groups is 1. The van der Waals surface area contributed by atoms with E-state index in [1.807, 2.05) is 0 Å². The van der Waals surface area contributed by atoms with Gasteiger partial charge in [0.25, 0.3) is 0 Å². The number of rotatable bonds is 5. The highest BCUT2D eigenvalue weighted by Gasteiger charge is 2.35. The van der Waals surface area contributed by atoms with E-state index in [0.717, 1.165) is 12.2 Å². The number of para-hydroxylation sites is 1. The maximum atomic E-state index is 12.9. The molecule has 0 heterocycles. The zero-order valence-electron chi connectivity index (χ0n) is 12.9. The quantitative estimate of drug-likeness (QED) is 0.729. The van der Waals surface area contributed by atoms with Gasteiger partial charge in [-0.25, -0.2) is 4.79 Å². The molecule has 0 fully saturated rings. The van der Waals surface area contributed by atoms with E-state index in [9.17, 15) is 18.0 Å². The first-order valence-electron chi connectivity index (χ1n) is 7.12. The molecule has 0 aromatic heterocycles. The summed E-state index contributed by atoms with van der Waals surface area (Å²) in [4.78, 5) is 17.3. The normalized spacial score (nSPS) is 12.5. The number of hydrogen-bond acceptors (Lipinski definition) is 3. The van der Waals surface area contributed by atoms with Crippen molar-refractivity contribution in [3.05, 3.63) is 66.2 Å². The zero-order chi connectivity index (χ0) is 17.6. The number of hydroxylamine groups is 1. The monoisotopic (exact) mass is 339 g/mol. The molecule has 0 aliphatic carbocycles. The summed E-state index contributed by atoms with van der Waals surface area (Å²) < 4.78 is 43.4. The first-order valence-corrected chi connectivity index (χ1v) is 7.12. The van der Waals surface area contributed by atoms with Crippen molar-refractivity contribution in [2.75, 3.05) is 12.2 Å². The van der Waals surface area contributed by atoms with Crippen molar-refractivity contribution in [2.24, 2.45) is 0 Å². The topological polar surface area (TPSA) is 38.8 Å². The molecule has 0 spiro atoms. The molecule has 0 aliphatic heterocycles. The SMILES string of the molecule is COC(=O)N(OC(CC(F)(F)F)c1ccccc1)c1ccccc1. The third-order valence-corrected chi connectivity index (χ3v) is 3.15. The summed E-state index contributed by atoms with van der Waals surface area (Å²) in [5.41, 5.74) is 0.576. The van der Waals surface area contributed by atoms with Gasteiger partial charge in [-0.15, -0.1) is 0 Å². The molecule has 1 amide bonds. The molecule has 1 atom stereocenters. The predicted octanol–water partition coefficient (Wildman–Crippen LogP) is 4.88. The van der Waals surface area contributed by atoms with Crippen LogP contribution in [0.1, 0.15) is 18.1 Å². The first kappa shape index (κ1) is 17.8. The van der Waals surface area contributed by atoms with Crippen LogP contribution in [0.25, 0.3) is 0 Å². The molecule has 2 aromatic rings. The van der Waals surface area contributed by atoms with E-state index >= 15 is 0 Å². The average molecular weight is 339 g/mol. The minimum Gasteiger partial charge on any atom is -0.451 e. The number of benzene rings is 2. The van der Waals surface area contributed by atoms with Gasteiger partial charge in [0.1, 0.15) is 6.10 Å². The van der Waals surface area contributed by atoms with E-state index in [0.29, 0.717) is 5.56 Å². The van der Waals surface area contributed by atoms with Crippen molar-refractivity contribution >= 4 is 11.8 Å². The van der Waals surface area contributed by atoms with E-state index in [4.69, 9.17) is 4.84 Å². The number of hydrogen-bond donors (Lipinski definition) is 0. The average Bonchev–Trinajstić information content (AvgIpc) is 2.58. The smallest absolute Gasteiger partial charge is 0.438 e. The number of amides is 1. The highest BCUT2D eigenvalue weighted by molar-refractivity contribution is 5.85. The van der Waals surface area contributed by atoms with Gasteiger partial charge in [-0.05, 0) is 17.7 Å². The Morgan fingerprint density at radius 2 is 1.58 bits per heavy atom.